The molecule has 1 nitrogen and oxygen atoms in total. The van der Waals surface area contributed by atoms with Crippen LogP contribution in [0.2, 0.25) is 0 Å². The van der Waals surface area contributed by atoms with Gasteiger partial charge in [0.1, 0.15) is 0 Å². The SMILES string of the molecule is CC1CCC(Cl)=CC=C1CN(C)C. The van der Waals surface area contributed by atoms with Crippen molar-refractivity contribution < 1.29 is 0 Å². The first-order valence-electron chi connectivity index (χ1n) is 4.79. The first-order chi connectivity index (χ1) is 6.09. The van der Waals surface area contributed by atoms with Gasteiger partial charge in [0.2, 0.25) is 0 Å². The van der Waals surface area contributed by atoms with E-state index in [0.29, 0.717) is 5.92 Å². The summed E-state index contributed by atoms with van der Waals surface area (Å²) in [5.41, 5.74) is 1.49. The minimum absolute atomic E-state index is 0.662. The highest BCUT2D eigenvalue weighted by Gasteiger charge is 2.12. The Morgan fingerprint density at radius 3 is 2.77 bits per heavy atom. The van der Waals surface area contributed by atoms with E-state index in [1.807, 2.05) is 6.08 Å². The van der Waals surface area contributed by atoms with Gasteiger partial charge < -0.3 is 4.90 Å². The Morgan fingerprint density at radius 2 is 2.15 bits per heavy atom. The summed E-state index contributed by atoms with van der Waals surface area (Å²) in [4.78, 5) is 2.20. The number of allylic oxidation sites excluding steroid dienone is 3. The average Bonchev–Trinajstić information content (AvgIpc) is 2.19. The van der Waals surface area contributed by atoms with Crippen LogP contribution in [0.15, 0.2) is 22.8 Å². The van der Waals surface area contributed by atoms with E-state index in [1.165, 1.54) is 12.0 Å². The van der Waals surface area contributed by atoms with Crippen LogP contribution >= 0.6 is 11.6 Å². The third-order valence-electron chi connectivity index (χ3n) is 2.43. The molecule has 0 spiro atoms. The molecule has 0 aromatic carbocycles. The maximum atomic E-state index is 5.99. The number of rotatable bonds is 2. The average molecular weight is 200 g/mol. The lowest BCUT2D eigenvalue weighted by molar-refractivity contribution is 0.419. The van der Waals surface area contributed by atoms with Crippen LogP contribution in [-0.4, -0.2) is 25.5 Å². The molecule has 13 heavy (non-hydrogen) atoms. The zero-order chi connectivity index (χ0) is 9.84. The molecule has 2 heteroatoms. The molecule has 0 aromatic rings. The monoisotopic (exact) mass is 199 g/mol. The summed E-state index contributed by atoms with van der Waals surface area (Å²) < 4.78 is 0. The van der Waals surface area contributed by atoms with Crippen molar-refractivity contribution in [2.75, 3.05) is 20.6 Å². The summed E-state index contributed by atoms with van der Waals surface area (Å²) in [7, 11) is 4.20. The van der Waals surface area contributed by atoms with Gasteiger partial charge in [0.15, 0.2) is 0 Å². The van der Waals surface area contributed by atoms with Crippen LogP contribution in [-0.2, 0) is 0 Å². The topological polar surface area (TPSA) is 3.24 Å². The van der Waals surface area contributed by atoms with Crippen LogP contribution in [0.25, 0.3) is 0 Å². The second kappa shape index (κ2) is 4.83. The quantitative estimate of drug-likeness (QED) is 0.661. The van der Waals surface area contributed by atoms with Crippen molar-refractivity contribution in [3.8, 4) is 0 Å². The van der Waals surface area contributed by atoms with Crippen LogP contribution in [0.4, 0.5) is 0 Å². The van der Waals surface area contributed by atoms with Gasteiger partial charge in [-0.3, -0.25) is 0 Å². The molecule has 1 rings (SSSR count). The summed E-state index contributed by atoms with van der Waals surface area (Å²) in [6.45, 7) is 3.32. The fourth-order valence-corrected chi connectivity index (χ4v) is 1.73. The van der Waals surface area contributed by atoms with Crippen LogP contribution in [0.1, 0.15) is 19.8 Å². The Labute approximate surface area is 86.1 Å². The summed E-state index contributed by atoms with van der Waals surface area (Å²) in [6, 6.07) is 0. The number of nitrogens with zero attached hydrogens (tertiary/aromatic N) is 1. The highest BCUT2D eigenvalue weighted by Crippen LogP contribution is 2.25. The zero-order valence-electron chi connectivity index (χ0n) is 8.68. The van der Waals surface area contributed by atoms with Gasteiger partial charge >= 0.3 is 0 Å². The van der Waals surface area contributed by atoms with E-state index in [0.717, 1.165) is 18.0 Å². The molecule has 0 radical (unpaired) electrons. The summed E-state index contributed by atoms with van der Waals surface area (Å²) in [5, 5.41) is 0.987. The zero-order valence-corrected chi connectivity index (χ0v) is 9.43. The van der Waals surface area contributed by atoms with Gasteiger partial charge in [-0.25, -0.2) is 0 Å². The van der Waals surface area contributed by atoms with Crippen molar-refractivity contribution in [1.29, 1.82) is 0 Å². The van der Waals surface area contributed by atoms with Crippen LogP contribution in [0, 0.1) is 5.92 Å². The van der Waals surface area contributed by atoms with E-state index >= 15 is 0 Å². The van der Waals surface area contributed by atoms with Crippen LogP contribution in [0.5, 0.6) is 0 Å². The second-order valence-electron chi connectivity index (χ2n) is 4.03. The van der Waals surface area contributed by atoms with Gasteiger partial charge in [-0.1, -0.05) is 30.2 Å². The lowest BCUT2D eigenvalue weighted by atomic mass is 9.97. The van der Waals surface area contributed by atoms with Gasteiger partial charge in [0, 0.05) is 11.6 Å². The number of hydrogen-bond acceptors (Lipinski definition) is 1. The normalized spacial score (nSPS) is 23.9. The van der Waals surface area contributed by atoms with Crippen molar-refractivity contribution in [3.63, 3.8) is 0 Å². The van der Waals surface area contributed by atoms with E-state index in [9.17, 15) is 0 Å². The molecule has 0 fully saturated rings. The van der Waals surface area contributed by atoms with Gasteiger partial charge in [-0.05, 0) is 38.9 Å². The van der Waals surface area contributed by atoms with E-state index in [4.69, 9.17) is 11.6 Å². The van der Waals surface area contributed by atoms with E-state index in [1.54, 1.807) is 0 Å². The van der Waals surface area contributed by atoms with Gasteiger partial charge in [-0.2, -0.15) is 0 Å². The smallest absolute Gasteiger partial charge is 0.0192 e. The van der Waals surface area contributed by atoms with Crippen LogP contribution < -0.4 is 0 Å². The predicted octanol–water partition coefficient (Wildman–Crippen LogP) is 3.03. The molecule has 0 saturated carbocycles. The highest BCUT2D eigenvalue weighted by atomic mass is 35.5. The molecule has 1 aliphatic rings. The Hall–Kier alpha value is -0.270. The highest BCUT2D eigenvalue weighted by molar-refractivity contribution is 6.29. The molecule has 74 valence electrons. The molecule has 1 aliphatic carbocycles. The lowest BCUT2D eigenvalue weighted by Gasteiger charge is -2.17. The molecule has 0 heterocycles. The maximum absolute atomic E-state index is 5.99. The minimum atomic E-state index is 0.662. The predicted molar refractivity (Wildman–Crippen MR) is 59.0 cm³/mol. The maximum Gasteiger partial charge on any atom is 0.0192 e. The Kier molecular flexibility index (Phi) is 4.01. The summed E-state index contributed by atoms with van der Waals surface area (Å²) in [6.07, 6.45) is 6.43. The molecule has 0 aromatic heterocycles. The number of hydrogen-bond donors (Lipinski definition) is 0. The fourth-order valence-electron chi connectivity index (χ4n) is 1.56. The van der Waals surface area contributed by atoms with Gasteiger partial charge in [-0.15, -0.1) is 0 Å². The molecular weight excluding hydrogens is 182 g/mol. The molecule has 0 aliphatic heterocycles. The summed E-state index contributed by atoms with van der Waals surface area (Å²) >= 11 is 5.99. The van der Waals surface area contributed by atoms with Crippen molar-refractivity contribution in [3.05, 3.63) is 22.8 Å². The number of likely N-dealkylation sites (N-methyl/N-ethyl adjacent to an activating group) is 1. The Bertz CT molecular complexity index is 228. The summed E-state index contributed by atoms with van der Waals surface area (Å²) in [5.74, 6) is 0.662. The van der Waals surface area contributed by atoms with E-state index in [2.05, 4.69) is 32.0 Å². The minimum Gasteiger partial charge on any atom is -0.305 e. The molecule has 1 unspecified atom stereocenters. The Balaban J connectivity index is 2.67. The molecule has 0 saturated heterocycles. The first-order valence-corrected chi connectivity index (χ1v) is 5.17. The van der Waals surface area contributed by atoms with Crippen LogP contribution in [0.3, 0.4) is 0 Å². The third-order valence-corrected chi connectivity index (χ3v) is 2.74. The van der Waals surface area contributed by atoms with Crippen molar-refractivity contribution in [2.24, 2.45) is 5.92 Å². The van der Waals surface area contributed by atoms with Crippen molar-refractivity contribution >= 4 is 11.6 Å². The fraction of sp³-hybridized carbons (Fsp3) is 0.636. The van der Waals surface area contributed by atoms with Crippen molar-refractivity contribution in [2.45, 2.75) is 19.8 Å². The second-order valence-corrected chi connectivity index (χ2v) is 4.52. The Morgan fingerprint density at radius 1 is 1.46 bits per heavy atom. The molecule has 0 amide bonds. The standard InChI is InChI=1S/C11H18ClN/c1-9-4-6-11(12)7-5-10(9)8-13(2)3/h5,7,9H,4,6,8H2,1-3H3. The molecule has 0 bridgehead atoms. The molecule has 0 N–H and O–H groups in total. The molecular formula is C11H18ClN. The van der Waals surface area contributed by atoms with Gasteiger partial charge in [0.25, 0.3) is 0 Å². The first kappa shape index (κ1) is 10.8. The molecule has 1 atom stereocenters. The van der Waals surface area contributed by atoms with E-state index in [-0.39, 0.29) is 0 Å². The number of halogens is 1. The van der Waals surface area contributed by atoms with Crippen molar-refractivity contribution in [1.82, 2.24) is 4.90 Å². The lowest BCUT2D eigenvalue weighted by Crippen LogP contribution is -2.18. The largest absolute Gasteiger partial charge is 0.305 e. The third kappa shape index (κ3) is 3.53. The van der Waals surface area contributed by atoms with E-state index < -0.39 is 0 Å². The van der Waals surface area contributed by atoms with Gasteiger partial charge in [0.05, 0.1) is 0 Å².